The van der Waals surface area contributed by atoms with Crippen LogP contribution in [0.5, 0.6) is 0 Å². The molecule has 0 unspecified atom stereocenters. The van der Waals surface area contributed by atoms with Crippen molar-refractivity contribution in [3.63, 3.8) is 0 Å². The third-order valence-corrected chi connectivity index (χ3v) is 2.10. The van der Waals surface area contributed by atoms with Crippen LogP contribution in [-0.4, -0.2) is 68.6 Å². The minimum absolute atomic E-state index is 0. The van der Waals surface area contributed by atoms with Gasteiger partial charge in [0.25, 0.3) is 0 Å². The fourth-order valence-corrected chi connectivity index (χ4v) is 1.31. The van der Waals surface area contributed by atoms with Crippen molar-refractivity contribution in [2.45, 2.75) is 0 Å². The van der Waals surface area contributed by atoms with Crippen LogP contribution in [0.2, 0.25) is 0 Å². The predicted octanol–water partition coefficient (Wildman–Crippen LogP) is -15.3. The van der Waals surface area contributed by atoms with Gasteiger partial charge in [-0.15, -0.1) is 0 Å². The number of carboxylic acid groups (broad SMARTS) is 3. The van der Waals surface area contributed by atoms with Crippen molar-refractivity contribution in [3.8, 4) is 0 Å². The molecular weight excluding hydrogens is 327 g/mol. The van der Waals surface area contributed by atoms with Crippen molar-refractivity contribution in [3.05, 3.63) is 0 Å². The van der Waals surface area contributed by atoms with Gasteiger partial charge in [0.15, 0.2) is 0 Å². The fourth-order valence-electron chi connectivity index (χ4n) is 1.31. The van der Waals surface area contributed by atoms with E-state index in [4.69, 9.17) is 0 Å². The summed E-state index contributed by atoms with van der Waals surface area (Å²) in [5.41, 5.74) is 0. The first-order chi connectivity index (χ1) is 8.91. The van der Waals surface area contributed by atoms with E-state index in [2.05, 4.69) is 10.6 Å². The first-order valence-corrected chi connectivity index (χ1v) is 5.65. The summed E-state index contributed by atoms with van der Waals surface area (Å²) in [4.78, 5) is 32.2. The zero-order valence-corrected chi connectivity index (χ0v) is 19.3. The number of carboxylic acids is 3. The Kier molecular flexibility index (Phi) is 28.7. The van der Waals surface area contributed by atoms with Gasteiger partial charge in [-0.25, -0.2) is 0 Å². The van der Waals surface area contributed by atoms with Crippen LogP contribution >= 0.6 is 0 Å². The molecule has 0 aliphatic heterocycles. The van der Waals surface area contributed by atoms with Crippen molar-refractivity contribution < 1.29 is 118 Å². The number of hydrogen-bond donors (Lipinski definition) is 2. The van der Waals surface area contributed by atoms with Crippen molar-refractivity contribution in [2.75, 3.05) is 45.8 Å². The second kappa shape index (κ2) is 20.3. The number of carbonyl (C=O) groups excluding carboxylic acids is 3. The average Bonchev–Trinajstić information content (AvgIpc) is 2.28. The molecule has 0 saturated heterocycles. The van der Waals surface area contributed by atoms with E-state index in [9.17, 15) is 29.7 Å². The summed E-state index contributed by atoms with van der Waals surface area (Å²) in [7, 11) is 0. The van der Waals surface area contributed by atoms with Crippen LogP contribution in [0.25, 0.3) is 0 Å². The molecule has 0 aliphatic carbocycles. The molecule has 0 aromatic rings. The molecule has 0 atom stereocenters. The molecule has 12 heteroatoms. The Balaban J connectivity index is -0.000000540. The molecule has 9 nitrogen and oxygen atoms in total. The Morgan fingerprint density at radius 1 is 0.727 bits per heavy atom. The second-order valence-corrected chi connectivity index (χ2v) is 3.75. The van der Waals surface area contributed by atoms with Crippen molar-refractivity contribution >= 4 is 17.9 Å². The van der Waals surface area contributed by atoms with Crippen LogP contribution in [-0.2, 0) is 14.4 Å². The summed E-state index contributed by atoms with van der Waals surface area (Å²) in [5, 5.41) is 35.9. The maximum absolute atomic E-state index is 10.5. The molecule has 0 spiro atoms. The Morgan fingerprint density at radius 2 is 1.09 bits per heavy atom. The minimum Gasteiger partial charge on any atom is -0.549 e. The van der Waals surface area contributed by atoms with Crippen LogP contribution in [0.15, 0.2) is 0 Å². The van der Waals surface area contributed by atoms with Crippen LogP contribution < -0.4 is 115 Å². The smallest absolute Gasteiger partial charge is 0.549 e. The molecule has 0 radical (unpaired) electrons. The fraction of sp³-hybridized carbons (Fsp3) is 0.700. The van der Waals surface area contributed by atoms with Crippen molar-refractivity contribution in [2.24, 2.45) is 0 Å². The van der Waals surface area contributed by atoms with Crippen LogP contribution in [0.1, 0.15) is 0 Å². The van der Waals surface area contributed by atoms with E-state index in [1.165, 1.54) is 4.90 Å². The largest absolute Gasteiger partial charge is 1.00 e. The van der Waals surface area contributed by atoms with E-state index in [0.717, 1.165) is 0 Å². The van der Waals surface area contributed by atoms with Crippen LogP contribution in [0, 0.1) is 0 Å². The predicted molar refractivity (Wildman–Crippen MR) is 57.2 cm³/mol. The number of rotatable bonds is 12. The van der Waals surface area contributed by atoms with Crippen LogP contribution in [0.3, 0.4) is 0 Å². The van der Waals surface area contributed by atoms with Gasteiger partial charge in [-0.05, 0) is 0 Å². The van der Waals surface area contributed by atoms with Crippen molar-refractivity contribution in [1.29, 1.82) is 0 Å². The standard InChI is InChI=1S/C10H19N3O6.3Na/c14-8(15)5-11-1-3-13(7-10(18)19)4-2-12-6-9(16)17;;;/h11-12H,1-7H2,(H,14,15)(H,16,17)(H,18,19);;;/q;3*+1/p-3. The SMILES string of the molecule is O=C([O-])CNCCN(CCNCC(=O)[O-])CC(=O)[O-].[Na+].[Na+].[Na+]. The van der Waals surface area contributed by atoms with Crippen LogP contribution in [0.4, 0.5) is 0 Å². The number of hydrogen-bond acceptors (Lipinski definition) is 9. The molecule has 2 N–H and O–H groups in total. The average molecular weight is 343 g/mol. The third-order valence-electron chi connectivity index (χ3n) is 2.10. The molecule has 0 saturated carbocycles. The van der Waals surface area contributed by atoms with E-state index in [1.54, 1.807) is 0 Å². The van der Waals surface area contributed by atoms with Gasteiger partial charge in [0, 0.05) is 45.8 Å². The molecule has 0 aromatic carbocycles. The van der Waals surface area contributed by atoms with E-state index < -0.39 is 17.9 Å². The molecule has 110 valence electrons. The van der Waals surface area contributed by atoms with Gasteiger partial charge in [0.2, 0.25) is 0 Å². The van der Waals surface area contributed by atoms with Gasteiger partial charge in [-0.1, -0.05) is 0 Å². The monoisotopic (exact) mass is 343 g/mol. The normalized spacial score (nSPS) is 9.14. The minimum atomic E-state index is -1.26. The van der Waals surface area contributed by atoms with Gasteiger partial charge < -0.3 is 40.3 Å². The quantitative estimate of drug-likeness (QED) is 0.260. The molecule has 0 fully saturated rings. The first-order valence-electron chi connectivity index (χ1n) is 5.65. The first kappa shape index (κ1) is 31.1. The van der Waals surface area contributed by atoms with Gasteiger partial charge in [-0.3, -0.25) is 4.90 Å². The van der Waals surface area contributed by atoms with Gasteiger partial charge in [0.05, 0.1) is 17.9 Å². The van der Waals surface area contributed by atoms with E-state index in [0.29, 0.717) is 0 Å². The second-order valence-electron chi connectivity index (χ2n) is 3.75. The molecular formula is C10H16N3Na3O6. The Morgan fingerprint density at radius 3 is 1.36 bits per heavy atom. The molecule has 0 aromatic heterocycles. The van der Waals surface area contributed by atoms with E-state index in [-0.39, 0.29) is 134 Å². The van der Waals surface area contributed by atoms with E-state index in [1.807, 2.05) is 0 Å². The maximum Gasteiger partial charge on any atom is 1.00 e. The maximum atomic E-state index is 10.5. The molecule has 22 heavy (non-hydrogen) atoms. The summed E-state index contributed by atoms with van der Waals surface area (Å²) in [5.74, 6) is -3.76. The van der Waals surface area contributed by atoms with Gasteiger partial charge >= 0.3 is 88.7 Å². The Hall–Kier alpha value is 1.29. The number of nitrogens with one attached hydrogen (secondary N) is 2. The topological polar surface area (TPSA) is 148 Å². The molecule has 0 heterocycles. The zero-order chi connectivity index (χ0) is 14.7. The summed E-state index contributed by atoms with van der Waals surface area (Å²) < 4.78 is 0. The summed E-state index contributed by atoms with van der Waals surface area (Å²) in [6.07, 6.45) is 0. The summed E-state index contributed by atoms with van der Waals surface area (Å²) in [6, 6.07) is 0. The number of carbonyl (C=O) groups is 3. The molecule has 0 bridgehead atoms. The molecule has 0 aliphatic rings. The zero-order valence-electron chi connectivity index (χ0n) is 13.3. The van der Waals surface area contributed by atoms with E-state index >= 15 is 0 Å². The van der Waals surface area contributed by atoms with Gasteiger partial charge in [0.1, 0.15) is 0 Å². The third kappa shape index (κ3) is 23.6. The summed E-state index contributed by atoms with van der Waals surface area (Å²) in [6.45, 7) is 0.149. The molecule has 0 rings (SSSR count). The Labute approximate surface area is 195 Å². The molecule has 0 amide bonds. The number of aliphatic carboxylic acids is 3. The summed E-state index contributed by atoms with van der Waals surface area (Å²) >= 11 is 0. The number of nitrogens with zero attached hydrogens (tertiary/aromatic N) is 1. The van der Waals surface area contributed by atoms with Gasteiger partial charge in [-0.2, -0.15) is 0 Å². The Bertz CT molecular complexity index is 300. The van der Waals surface area contributed by atoms with Crippen molar-refractivity contribution in [1.82, 2.24) is 15.5 Å².